The van der Waals surface area contributed by atoms with E-state index >= 15 is 0 Å². The molecule has 1 aliphatic carbocycles. The zero-order valence-electron chi connectivity index (χ0n) is 8.33. The summed E-state index contributed by atoms with van der Waals surface area (Å²) in [4.78, 5) is 10.9. The average molecular weight is 270 g/mol. The maximum absolute atomic E-state index is 10.9. The fourth-order valence-electron chi connectivity index (χ4n) is 1.98. The van der Waals surface area contributed by atoms with Gasteiger partial charge in [-0.1, -0.05) is 22.0 Å². The Morgan fingerprint density at radius 1 is 1.60 bits per heavy atom. The van der Waals surface area contributed by atoms with Gasteiger partial charge in [-0.2, -0.15) is 0 Å². The van der Waals surface area contributed by atoms with E-state index in [2.05, 4.69) is 21.2 Å². The standard InChI is InChI=1S/C11H12BrNO2/c1-6(14)13-10-4-7-2-3-8(12)5-9(7)11(10)15/h2-3,5,10-11,15H,4H2,1H3,(H,13,14)/t10-,11-/m1/s1. The molecule has 0 saturated heterocycles. The van der Waals surface area contributed by atoms with Gasteiger partial charge in [0, 0.05) is 11.4 Å². The highest BCUT2D eigenvalue weighted by atomic mass is 79.9. The number of fused-ring (bicyclic) bond motifs is 1. The summed E-state index contributed by atoms with van der Waals surface area (Å²) in [6, 6.07) is 5.64. The van der Waals surface area contributed by atoms with Gasteiger partial charge in [0.1, 0.15) is 0 Å². The number of nitrogens with one attached hydrogen (secondary N) is 1. The predicted molar refractivity (Wildman–Crippen MR) is 60.4 cm³/mol. The zero-order chi connectivity index (χ0) is 11.0. The number of halogens is 1. The fraction of sp³-hybridized carbons (Fsp3) is 0.364. The lowest BCUT2D eigenvalue weighted by molar-refractivity contribution is -0.120. The number of amides is 1. The van der Waals surface area contributed by atoms with Gasteiger partial charge in [0.25, 0.3) is 0 Å². The average Bonchev–Trinajstić information content (AvgIpc) is 2.44. The minimum atomic E-state index is -0.596. The van der Waals surface area contributed by atoms with Crippen LogP contribution in [0, 0.1) is 0 Å². The van der Waals surface area contributed by atoms with Gasteiger partial charge in [-0.25, -0.2) is 0 Å². The minimum Gasteiger partial charge on any atom is -0.386 e. The van der Waals surface area contributed by atoms with E-state index in [1.54, 1.807) is 0 Å². The monoisotopic (exact) mass is 269 g/mol. The molecule has 1 amide bonds. The molecule has 1 aromatic rings. The number of rotatable bonds is 1. The van der Waals surface area contributed by atoms with Gasteiger partial charge in [-0.05, 0) is 29.7 Å². The van der Waals surface area contributed by atoms with E-state index in [9.17, 15) is 9.90 Å². The highest BCUT2D eigenvalue weighted by Crippen LogP contribution is 2.33. The molecule has 0 spiro atoms. The largest absolute Gasteiger partial charge is 0.386 e. The molecule has 1 aromatic carbocycles. The fourth-order valence-corrected chi connectivity index (χ4v) is 2.36. The van der Waals surface area contributed by atoms with E-state index in [0.29, 0.717) is 6.42 Å². The first kappa shape index (κ1) is 10.6. The van der Waals surface area contributed by atoms with Crippen molar-refractivity contribution >= 4 is 21.8 Å². The number of hydrogen-bond donors (Lipinski definition) is 2. The van der Waals surface area contributed by atoms with Crippen LogP contribution in [-0.4, -0.2) is 17.1 Å². The molecule has 0 aliphatic heterocycles. The van der Waals surface area contributed by atoms with Crippen LogP contribution < -0.4 is 5.32 Å². The van der Waals surface area contributed by atoms with Crippen LogP contribution in [0.25, 0.3) is 0 Å². The van der Waals surface area contributed by atoms with Gasteiger partial charge < -0.3 is 10.4 Å². The van der Waals surface area contributed by atoms with Crippen LogP contribution in [0.4, 0.5) is 0 Å². The molecule has 0 radical (unpaired) electrons. The van der Waals surface area contributed by atoms with Gasteiger partial charge in [-0.15, -0.1) is 0 Å². The summed E-state index contributed by atoms with van der Waals surface area (Å²) in [5.41, 5.74) is 2.01. The maximum Gasteiger partial charge on any atom is 0.217 e. The molecule has 2 N–H and O–H groups in total. The van der Waals surface area contributed by atoms with Crippen molar-refractivity contribution in [2.24, 2.45) is 0 Å². The third-order valence-corrected chi connectivity index (χ3v) is 3.13. The van der Waals surface area contributed by atoms with Crippen LogP contribution in [0.15, 0.2) is 22.7 Å². The second-order valence-corrected chi connectivity index (χ2v) is 4.71. The molecule has 2 rings (SSSR count). The number of benzene rings is 1. The predicted octanol–water partition coefficient (Wildman–Crippen LogP) is 1.54. The van der Waals surface area contributed by atoms with E-state index in [4.69, 9.17) is 0 Å². The Morgan fingerprint density at radius 2 is 2.33 bits per heavy atom. The van der Waals surface area contributed by atoms with Crippen molar-refractivity contribution in [3.05, 3.63) is 33.8 Å². The molecular weight excluding hydrogens is 258 g/mol. The summed E-state index contributed by atoms with van der Waals surface area (Å²) in [5, 5.41) is 12.7. The van der Waals surface area contributed by atoms with Crippen molar-refractivity contribution in [2.45, 2.75) is 25.5 Å². The van der Waals surface area contributed by atoms with Gasteiger partial charge in [0.2, 0.25) is 5.91 Å². The lowest BCUT2D eigenvalue weighted by atomic mass is 10.1. The van der Waals surface area contributed by atoms with Gasteiger partial charge in [-0.3, -0.25) is 4.79 Å². The zero-order valence-corrected chi connectivity index (χ0v) is 9.91. The van der Waals surface area contributed by atoms with Gasteiger partial charge >= 0.3 is 0 Å². The van der Waals surface area contributed by atoms with Crippen LogP contribution in [0.1, 0.15) is 24.2 Å². The van der Waals surface area contributed by atoms with Crippen molar-refractivity contribution in [2.75, 3.05) is 0 Å². The van der Waals surface area contributed by atoms with Crippen molar-refractivity contribution in [3.8, 4) is 0 Å². The summed E-state index contributed by atoms with van der Waals surface area (Å²) in [7, 11) is 0. The Hall–Kier alpha value is -0.870. The summed E-state index contributed by atoms with van der Waals surface area (Å²) < 4.78 is 0.948. The number of carbonyl (C=O) groups excluding carboxylic acids is 1. The molecule has 0 saturated carbocycles. The lowest BCUT2D eigenvalue weighted by Gasteiger charge is -2.15. The molecular formula is C11H12BrNO2. The topological polar surface area (TPSA) is 49.3 Å². The summed E-state index contributed by atoms with van der Waals surface area (Å²) in [5.74, 6) is -0.106. The Balaban J connectivity index is 2.25. The smallest absolute Gasteiger partial charge is 0.217 e. The first-order valence-corrected chi connectivity index (χ1v) is 5.60. The van der Waals surface area contributed by atoms with E-state index in [1.165, 1.54) is 6.92 Å². The summed E-state index contributed by atoms with van der Waals surface area (Å²) in [6.07, 6.45) is 0.102. The Labute approximate surface area is 96.6 Å². The Bertz CT molecular complexity index is 406. The van der Waals surface area contributed by atoms with Crippen molar-refractivity contribution < 1.29 is 9.90 Å². The molecule has 1 aliphatic rings. The normalized spacial score (nSPS) is 23.7. The van der Waals surface area contributed by atoms with E-state index in [0.717, 1.165) is 15.6 Å². The second-order valence-electron chi connectivity index (χ2n) is 3.80. The highest BCUT2D eigenvalue weighted by Gasteiger charge is 2.31. The summed E-state index contributed by atoms with van der Waals surface area (Å²) in [6.45, 7) is 1.46. The number of aliphatic hydroxyl groups excluding tert-OH is 1. The first-order chi connectivity index (χ1) is 7.08. The molecule has 80 valence electrons. The first-order valence-electron chi connectivity index (χ1n) is 4.81. The number of carbonyl (C=O) groups is 1. The summed E-state index contributed by atoms with van der Waals surface area (Å²) >= 11 is 3.36. The molecule has 15 heavy (non-hydrogen) atoms. The molecule has 0 bridgehead atoms. The Kier molecular flexibility index (Phi) is 2.80. The van der Waals surface area contributed by atoms with Crippen molar-refractivity contribution in [1.82, 2.24) is 5.32 Å². The molecule has 3 nitrogen and oxygen atoms in total. The third-order valence-electron chi connectivity index (χ3n) is 2.64. The van der Waals surface area contributed by atoms with Gasteiger partial charge in [0.05, 0.1) is 12.1 Å². The minimum absolute atomic E-state index is 0.106. The van der Waals surface area contributed by atoms with Crippen LogP contribution in [0.5, 0.6) is 0 Å². The third kappa shape index (κ3) is 2.06. The molecule has 4 heteroatoms. The van der Waals surface area contributed by atoms with Crippen LogP contribution >= 0.6 is 15.9 Å². The quantitative estimate of drug-likeness (QED) is 0.813. The Morgan fingerprint density at radius 3 is 3.00 bits per heavy atom. The van der Waals surface area contributed by atoms with E-state index < -0.39 is 6.10 Å². The van der Waals surface area contributed by atoms with E-state index in [1.807, 2.05) is 18.2 Å². The highest BCUT2D eigenvalue weighted by molar-refractivity contribution is 9.10. The number of hydrogen-bond acceptors (Lipinski definition) is 2. The van der Waals surface area contributed by atoms with Crippen molar-refractivity contribution in [3.63, 3.8) is 0 Å². The molecule has 0 unspecified atom stereocenters. The number of aliphatic hydroxyl groups is 1. The molecule has 2 atom stereocenters. The second kappa shape index (κ2) is 3.94. The van der Waals surface area contributed by atoms with Crippen molar-refractivity contribution in [1.29, 1.82) is 0 Å². The van der Waals surface area contributed by atoms with Crippen LogP contribution in [0.2, 0.25) is 0 Å². The van der Waals surface area contributed by atoms with Crippen LogP contribution in [-0.2, 0) is 11.2 Å². The van der Waals surface area contributed by atoms with E-state index in [-0.39, 0.29) is 11.9 Å². The lowest BCUT2D eigenvalue weighted by Crippen LogP contribution is -2.36. The molecule has 0 heterocycles. The molecule has 0 aromatic heterocycles. The van der Waals surface area contributed by atoms with Crippen LogP contribution in [0.3, 0.4) is 0 Å². The maximum atomic E-state index is 10.9. The SMILES string of the molecule is CC(=O)N[C@@H]1Cc2ccc(Br)cc2[C@H]1O. The van der Waals surface area contributed by atoms with Gasteiger partial charge in [0.15, 0.2) is 0 Å². The molecule has 0 fully saturated rings.